The van der Waals surface area contributed by atoms with Gasteiger partial charge in [-0.1, -0.05) is 6.07 Å². The first-order chi connectivity index (χ1) is 8.74. The van der Waals surface area contributed by atoms with Crippen molar-refractivity contribution in [2.75, 3.05) is 24.6 Å². The molecule has 1 aromatic rings. The highest BCUT2D eigenvalue weighted by molar-refractivity contribution is 5.48. The van der Waals surface area contributed by atoms with Crippen LogP contribution >= 0.6 is 0 Å². The van der Waals surface area contributed by atoms with E-state index in [0.29, 0.717) is 12.5 Å². The van der Waals surface area contributed by atoms with E-state index in [1.807, 2.05) is 13.0 Å². The molecule has 0 aliphatic carbocycles. The Morgan fingerprint density at radius 2 is 2.33 bits per heavy atom. The molecule has 0 radical (unpaired) electrons. The summed E-state index contributed by atoms with van der Waals surface area (Å²) in [5.41, 5.74) is 7.94. The second-order valence-corrected chi connectivity index (χ2v) is 5.11. The first-order valence-corrected chi connectivity index (χ1v) is 6.77. The van der Waals surface area contributed by atoms with Gasteiger partial charge in [0, 0.05) is 37.5 Å². The number of rotatable bonds is 4. The van der Waals surface area contributed by atoms with Gasteiger partial charge in [-0.05, 0) is 38.2 Å². The van der Waals surface area contributed by atoms with Gasteiger partial charge in [0.15, 0.2) is 0 Å². The van der Waals surface area contributed by atoms with Crippen molar-refractivity contribution >= 4 is 5.82 Å². The fourth-order valence-electron chi connectivity index (χ4n) is 2.68. The first-order valence-electron chi connectivity index (χ1n) is 6.77. The van der Waals surface area contributed by atoms with Gasteiger partial charge in [-0.25, -0.2) is 4.98 Å². The zero-order valence-corrected chi connectivity index (χ0v) is 11.1. The van der Waals surface area contributed by atoms with Gasteiger partial charge in [0.05, 0.1) is 0 Å². The molecule has 0 saturated carbocycles. The summed E-state index contributed by atoms with van der Waals surface area (Å²) in [5.74, 6) is 1.62. The maximum atomic E-state index is 9.07. The number of aliphatic hydroxyl groups excluding tert-OH is 1. The summed E-state index contributed by atoms with van der Waals surface area (Å²) in [6.07, 6.45) is 3.27. The first kappa shape index (κ1) is 13.3. The quantitative estimate of drug-likeness (QED) is 0.848. The van der Waals surface area contributed by atoms with E-state index >= 15 is 0 Å². The van der Waals surface area contributed by atoms with Crippen molar-refractivity contribution in [2.24, 2.45) is 11.7 Å². The largest absolute Gasteiger partial charge is 0.396 e. The Labute approximate surface area is 109 Å². The number of aromatic nitrogens is 1. The number of aryl methyl sites for hydroxylation is 1. The topological polar surface area (TPSA) is 62.4 Å². The average molecular weight is 249 g/mol. The van der Waals surface area contributed by atoms with Crippen molar-refractivity contribution in [1.82, 2.24) is 4.98 Å². The molecular weight excluding hydrogens is 226 g/mol. The number of hydrogen-bond acceptors (Lipinski definition) is 4. The third kappa shape index (κ3) is 3.00. The van der Waals surface area contributed by atoms with E-state index in [2.05, 4.69) is 16.0 Å². The summed E-state index contributed by atoms with van der Waals surface area (Å²) in [7, 11) is 0. The fraction of sp³-hybridized carbons (Fsp3) is 0.643. The van der Waals surface area contributed by atoms with Crippen molar-refractivity contribution in [3.8, 4) is 0 Å². The molecule has 4 heteroatoms. The number of anilines is 1. The van der Waals surface area contributed by atoms with Crippen LogP contribution in [-0.2, 0) is 6.54 Å². The zero-order chi connectivity index (χ0) is 13.0. The Morgan fingerprint density at radius 3 is 3.06 bits per heavy atom. The summed E-state index contributed by atoms with van der Waals surface area (Å²) >= 11 is 0. The Bertz CT molecular complexity index is 393. The summed E-state index contributed by atoms with van der Waals surface area (Å²) in [6.45, 7) is 4.86. The number of nitrogens with zero attached hydrogens (tertiary/aromatic N) is 2. The van der Waals surface area contributed by atoms with E-state index in [-0.39, 0.29) is 6.61 Å². The predicted octanol–water partition coefficient (Wildman–Crippen LogP) is 1.45. The molecule has 2 rings (SSSR count). The van der Waals surface area contributed by atoms with Crippen molar-refractivity contribution in [3.63, 3.8) is 0 Å². The molecule has 1 fully saturated rings. The number of nitrogens with two attached hydrogens (primary N) is 1. The van der Waals surface area contributed by atoms with Crippen LogP contribution < -0.4 is 10.6 Å². The van der Waals surface area contributed by atoms with E-state index < -0.39 is 0 Å². The molecule has 1 aliphatic rings. The monoisotopic (exact) mass is 249 g/mol. The minimum absolute atomic E-state index is 0.281. The van der Waals surface area contributed by atoms with Gasteiger partial charge < -0.3 is 15.7 Å². The van der Waals surface area contributed by atoms with Gasteiger partial charge >= 0.3 is 0 Å². The summed E-state index contributed by atoms with van der Waals surface area (Å²) in [6, 6.07) is 4.09. The highest BCUT2D eigenvalue weighted by atomic mass is 16.3. The lowest BCUT2D eigenvalue weighted by molar-refractivity contribution is 0.244. The van der Waals surface area contributed by atoms with Crippen molar-refractivity contribution in [2.45, 2.75) is 32.7 Å². The molecule has 0 bridgehead atoms. The SMILES string of the molecule is Cc1ccc(CN)c(N2CCCC(CCO)C2)n1. The summed E-state index contributed by atoms with van der Waals surface area (Å²) < 4.78 is 0. The van der Waals surface area contributed by atoms with Gasteiger partial charge in [0.25, 0.3) is 0 Å². The number of pyridine rings is 1. The van der Waals surface area contributed by atoms with Gasteiger partial charge in [0.1, 0.15) is 5.82 Å². The van der Waals surface area contributed by atoms with Crippen LogP contribution in [0.1, 0.15) is 30.5 Å². The Hall–Kier alpha value is -1.13. The van der Waals surface area contributed by atoms with E-state index in [9.17, 15) is 0 Å². The lowest BCUT2D eigenvalue weighted by Crippen LogP contribution is -2.37. The van der Waals surface area contributed by atoms with Crippen LogP contribution in [0.3, 0.4) is 0 Å². The van der Waals surface area contributed by atoms with Crippen LogP contribution in [0.5, 0.6) is 0 Å². The molecule has 0 aromatic carbocycles. The van der Waals surface area contributed by atoms with Crippen LogP contribution in [0.4, 0.5) is 5.82 Å². The molecule has 1 saturated heterocycles. The Kier molecular flexibility index (Phi) is 4.55. The van der Waals surface area contributed by atoms with E-state index in [0.717, 1.165) is 36.6 Å². The molecule has 3 N–H and O–H groups in total. The molecule has 100 valence electrons. The Balaban J connectivity index is 2.17. The minimum atomic E-state index is 0.281. The van der Waals surface area contributed by atoms with Gasteiger partial charge in [-0.15, -0.1) is 0 Å². The lowest BCUT2D eigenvalue weighted by atomic mass is 9.95. The van der Waals surface area contributed by atoms with Crippen LogP contribution in [0.15, 0.2) is 12.1 Å². The number of aliphatic hydroxyl groups is 1. The predicted molar refractivity (Wildman–Crippen MR) is 73.5 cm³/mol. The maximum Gasteiger partial charge on any atom is 0.133 e. The van der Waals surface area contributed by atoms with E-state index in [1.165, 1.54) is 12.8 Å². The molecule has 2 heterocycles. The third-order valence-corrected chi connectivity index (χ3v) is 3.67. The normalized spacial score (nSPS) is 20.2. The molecular formula is C14H23N3O. The molecule has 1 atom stereocenters. The number of hydrogen-bond donors (Lipinski definition) is 2. The molecule has 1 aromatic heterocycles. The fourth-order valence-corrected chi connectivity index (χ4v) is 2.68. The lowest BCUT2D eigenvalue weighted by Gasteiger charge is -2.34. The maximum absolute atomic E-state index is 9.07. The smallest absolute Gasteiger partial charge is 0.133 e. The second-order valence-electron chi connectivity index (χ2n) is 5.11. The highest BCUT2D eigenvalue weighted by Crippen LogP contribution is 2.26. The average Bonchev–Trinajstić information content (AvgIpc) is 2.39. The molecule has 0 spiro atoms. The van der Waals surface area contributed by atoms with Crippen LogP contribution in [0.2, 0.25) is 0 Å². The molecule has 1 unspecified atom stereocenters. The molecule has 4 nitrogen and oxygen atoms in total. The second kappa shape index (κ2) is 6.16. The molecule has 1 aliphatic heterocycles. The highest BCUT2D eigenvalue weighted by Gasteiger charge is 2.22. The van der Waals surface area contributed by atoms with Crippen LogP contribution in [0, 0.1) is 12.8 Å². The van der Waals surface area contributed by atoms with Gasteiger partial charge in [-0.3, -0.25) is 0 Å². The Morgan fingerprint density at radius 1 is 1.50 bits per heavy atom. The van der Waals surface area contributed by atoms with Crippen molar-refractivity contribution in [1.29, 1.82) is 0 Å². The van der Waals surface area contributed by atoms with Gasteiger partial charge in [-0.2, -0.15) is 0 Å². The van der Waals surface area contributed by atoms with Crippen LogP contribution in [-0.4, -0.2) is 29.8 Å². The zero-order valence-electron chi connectivity index (χ0n) is 11.1. The molecule has 0 amide bonds. The van der Waals surface area contributed by atoms with E-state index in [1.54, 1.807) is 0 Å². The van der Waals surface area contributed by atoms with Crippen molar-refractivity contribution in [3.05, 3.63) is 23.4 Å². The number of piperidine rings is 1. The minimum Gasteiger partial charge on any atom is -0.396 e. The van der Waals surface area contributed by atoms with Crippen molar-refractivity contribution < 1.29 is 5.11 Å². The van der Waals surface area contributed by atoms with E-state index in [4.69, 9.17) is 10.8 Å². The molecule has 18 heavy (non-hydrogen) atoms. The standard InChI is InChI=1S/C14H23N3O/c1-11-4-5-13(9-15)14(16-11)17-7-2-3-12(10-17)6-8-18/h4-5,12,18H,2-3,6-10,15H2,1H3. The van der Waals surface area contributed by atoms with Crippen LogP contribution in [0.25, 0.3) is 0 Å². The summed E-state index contributed by atoms with van der Waals surface area (Å²) in [5, 5.41) is 9.07. The van der Waals surface area contributed by atoms with Gasteiger partial charge in [0.2, 0.25) is 0 Å². The summed E-state index contributed by atoms with van der Waals surface area (Å²) in [4.78, 5) is 6.98. The third-order valence-electron chi connectivity index (χ3n) is 3.67.